The Morgan fingerprint density at radius 1 is 1.29 bits per heavy atom. The Bertz CT molecular complexity index is 288. The molecular weight excluding hydrogens is 222 g/mol. The third kappa shape index (κ3) is 4.34. The van der Waals surface area contributed by atoms with Crippen LogP contribution in [-0.2, 0) is 14.3 Å². The molecule has 0 radical (unpaired) electrons. The SMILES string of the molecule is CC1(C)COCCN1C(=O)CCCCC(=O)O. The van der Waals surface area contributed by atoms with E-state index in [9.17, 15) is 9.59 Å². The van der Waals surface area contributed by atoms with Crippen molar-refractivity contribution >= 4 is 11.9 Å². The summed E-state index contributed by atoms with van der Waals surface area (Å²) in [4.78, 5) is 24.2. The second kappa shape index (κ2) is 6.00. The van der Waals surface area contributed by atoms with Gasteiger partial charge in [-0.25, -0.2) is 0 Å². The van der Waals surface area contributed by atoms with E-state index < -0.39 is 5.97 Å². The Hall–Kier alpha value is -1.10. The largest absolute Gasteiger partial charge is 0.481 e. The standard InChI is InChI=1S/C12H21NO4/c1-12(2)9-17-8-7-13(12)10(14)5-3-4-6-11(15)16/h3-9H2,1-2H3,(H,15,16). The molecule has 0 aromatic rings. The fourth-order valence-corrected chi connectivity index (χ4v) is 2.01. The topological polar surface area (TPSA) is 66.8 Å². The molecule has 1 fully saturated rings. The molecule has 0 atom stereocenters. The van der Waals surface area contributed by atoms with Gasteiger partial charge in [-0.15, -0.1) is 0 Å². The predicted octanol–water partition coefficient (Wildman–Crippen LogP) is 1.27. The van der Waals surface area contributed by atoms with Crippen LogP contribution in [0.25, 0.3) is 0 Å². The normalized spacial score (nSPS) is 19.1. The average molecular weight is 243 g/mol. The van der Waals surface area contributed by atoms with Crippen molar-refractivity contribution in [2.24, 2.45) is 0 Å². The zero-order chi connectivity index (χ0) is 12.9. The van der Waals surface area contributed by atoms with Crippen molar-refractivity contribution in [1.82, 2.24) is 4.90 Å². The molecule has 1 heterocycles. The van der Waals surface area contributed by atoms with Gasteiger partial charge in [-0.05, 0) is 26.7 Å². The number of carboxylic acid groups (broad SMARTS) is 1. The fraction of sp³-hybridized carbons (Fsp3) is 0.833. The molecule has 0 saturated carbocycles. The van der Waals surface area contributed by atoms with Gasteiger partial charge in [-0.1, -0.05) is 0 Å². The zero-order valence-corrected chi connectivity index (χ0v) is 10.6. The van der Waals surface area contributed by atoms with Crippen LogP contribution in [0.15, 0.2) is 0 Å². The van der Waals surface area contributed by atoms with Crippen molar-refractivity contribution in [2.75, 3.05) is 19.8 Å². The van der Waals surface area contributed by atoms with Gasteiger partial charge in [0.2, 0.25) is 5.91 Å². The minimum absolute atomic E-state index is 0.101. The van der Waals surface area contributed by atoms with Gasteiger partial charge in [0, 0.05) is 19.4 Å². The molecule has 0 aromatic carbocycles. The molecule has 5 heteroatoms. The fourth-order valence-electron chi connectivity index (χ4n) is 2.01. The number of carbonyl (C=O) groups is 2. The molecule has 0 aliphatic carbocycles. The van der Waals surface area contributed by atoms with Gasteiger partial charge in [0.15, 0.2) is 0 Å². The number of hydrogen-bond donors (Lipinski definition) is 1. The van der Waals surface area contributed by atoms with Crippen molar-refractivity contribution in [3.05, 3.63) is 0 Å². The summed E-state index contributed by atoms with van der Waals surface area (Å²) in [7, 11) is 0. The minimum atomic E-state index is -0.802. The Kier molecular flexibility index (Phi) is 4.93. The first-order valence-corrected chi connectivity index (χ1v) is 6.03. The van der Waals surface area contributed by atoms with Crippen LogP contribution in [0.3, 0.4) is 0 Å². The summed E-state index contributed by atoms with van der Waals surface area (Å²) in [5, 5.41) is 8.50. The average Bonchev–Trinajstić information content (AvgIpc) is 2.23. The number of carbonyl (C=O) groups excluding carboxylic acids is 1. The number of carboxylic acids is 1. The zero-order valence-electron chi connectivity index (χ0n) is 10.6. The first-order valence-electron chi connectivity index (χ1n) is 6.03. The first-order chi connectivity index (χ1) is 7.93. The first kappa shape index (κ1) is 14.0. The van der Waals surface area contributed by atoms with Gasteiger partial charge in [0.05, 0.1) is 18.8 Å². The summed E-state index contributed by atoms with van der Waals surface area (Å²) in [5.74, 6) is -0.701. The summed E-state index contributed by atoms with van der Waals surface area (Å²) in [6.07, 6.45) is 1.76. The molecule has 17 heavy (non-hydrogen) atoms. The van der Waals surface area contributed by atoms with E-state index in [2.05, 4.69) is 0 Å². The highest BCUT2D eigenvalue weighted by Crippen LogP contribution is 2.20. The van der Waals surface area contributed by atoms with E-state index in [0.29, 0.717) is 39.0 Å². The molecule has 0 bridgehead atoms. The van der Waals surface area contributed by atoms with Crippen molar-refractivity contribution in [3.63, 3.8) is 0 Å². The van der Waals surface area contributed by atoms with Crippen LogP contribution >= 0.6 is 0 Å². The molecule has 1 amide bonds. The Morgan fingerprint density at radius 2 is 1.94 bits per heavy atom. The summed E-state index contributed by atoms with van der Waals surface area (Å²) < 4.78 is 5.35. The van der Waals surface area contributed by atoms with Crippen LogP contribution in [0.2, 0.25) is 0 Å². The molecule has 0 unspecified atom stereocenters. The quantitative estimate of drug-likeness (QED) is 0.738. The number of aliphatic carboxylic acids is 1. The van der Waals surface area contributed by atoms with Crippen LogP contribution < -0.4 is 0 Å². The van der Waals surface area contributed by atoms with Crippen molar-refractivity contribution in [1.29, 1.82) is 0 Å². The van der Waals surface area contributed by atoms with Crippen LogP contribution in [0, 0.1) is 0 Å². The van der Waals surface area contributed by atoms with Crippen LogP contribution in [-0.4, -0.2) is 47.2 Å². The van der Waals surface area contributed by atoms with E-state index in [-0.39, 0.29) is 17.9 Å². The van der Waals surface area contributed by atoms with Gasteiger partial charge in [-0.3, -0.25) is 9.59 Å². The summed E-state index contributed by atoms with van der Waals surface area (Å²) in [5.41, 5.74) is -0.248. The molecule has 1 saturated heterocycles. The summed E-state index contributed by atoms with van der Waals surface area (Å²) >= 11 is 0. The van der Waals surface area contributed by atoms with Crippen molar-refractivity contribution in [2.45, 2.75) is 45.1 Å². The Morgan fingerprint density at radius 3 is 2.53 bits per heavy atom. The van der Waals surface area contributed by atoms with E-state index >= 15 is 0 Å². The molecule has 0 aromatic heterocycles. The Balaban J connectivity index is 2.33. The lowest BCUT2D eigenvalue weighted by atomic mass is 10.0. The minimum Gasteiger partial charge on any atom is -0.481 e. The maximum absolute atomic E-state index is 12.0. The molecule has 1 aliphatic heterocycles. The van der Waals surface area contributed by atoms with Gasteiger partial charge in [-0.2, -0.15) is 0 Å². The number of amides is 1. The lowest BCUT2D eigenvalue weighted by Crippen LogP contribution is -2.55. The third-order valence-corrected chi connectivity index (χ3v) is 2.98. The maximum Gasteiger partial charge on any atom is 0.303 e. The molecular formula is C12H21NO4. The van der Waals surface area contributed by atoms with Gasteiger partial charge in [0.25, 0.3) is 0 Å². The van der Waals surface area contributed by atoms with E-state index in [4.69, 9.17) is 9.84 Å². The van der Waals surface area contributed by atoms with Crippen molar-refractivity contribution in [3.8, 4) is 0 Å². The molecule has 1 rings (SSSR count). The number of unbranched alkanes of at least 4 members (excludes halogenated alkanes) is 1. The highest BCUT2D eigenvalue weighted by atomic mass is 16.5. The van der Waals surface area contributed by atoms with Gasteiger partial charge < -0.3 is 14.7 Å². The Labute approximate surface area is 102 Å². The van der Waals surface area contributed by atoms with E-state index in [1.807, 2.05) is 18.7 Å². The molecule has 1 N–H and O–H groups in total. The number of morpholine rings is 1. The van der Waals surface area contributed by atoms with E-state index in [1.165, 1.54) is 0 Å². The van der Waals surface area contributed by atoms with E-state index in [1.54, 1.807) is 0 Å². The number of nitrogens with zero attached hydrogens (tertiary/aromatic N) is 1. The highest BCUT2D eigenvalue weighted by Gasteiger charge is 2.33. The van der Waals surface area contributed by atoms with Crippen molar-refractivity contribution < 1.29 is 19.4 Å². The number of ether oxygens (including phenoxy) is 1. The number of hydrogen-bond acceptors (Lipinski definition) is 3. The van der Waals surface area contributed by atoms with Crippen LogP contribution in [0.4, 0.5) is 0 Å². The highest BCUT2D eigenvalue weighted by molar-refractivity contribution is 5.77. The third-order valence-electron chi connectivity index (χ3n) is 2.98. The van der Waals surface area contributed by atoms with Gasteiger partial charge >= 0.3 is 5.97 Å². The molecule has 1 aliphatic rings. The molecule has 98 valence electrons. The molecule has 0 spiro atoms. The lowest BCUT2D eigenvalue weighted by Gasteiger charge is -2.42. The number of rotatable bonds is 5. The predicted molar refractivity (Wildman–Crippen MR) is 62.7 cm³/mol. The van der Waals surface area contributed by atoms with Crippen LogP contribution in [0.1, 0.15) is 39.5 Å². The maximum atomic E-state index is 12.0. The lowest BCUT2D eigenvalue weighted by molar-refractivity contribution is -0.146. The summed E-state index contributed by atoms with van der Waals surface area (Å²) in [6.45, 7) is 5.76. The smallest absolute Gasteiger partial charge is 0.303 e. The van der Waals surface area contributed by atoms with Crippen LogP contribution in [0.5, 0.6) is 0 Å². The second-order valence-corrected chi connectivity index (χ2v) is 5.01. The summed E-state index contributed by atoms with van der Waals surface area (Å²) in [6, 6.07) is 0. The monoisotopic (exact) mass is 243 g/mol. The second-order valence-electron chi connectivity index (χ2n) is 5.01. The van der Waals surface area contributed by atoms with Gasteiger partial charge in [0.1, 0.15) is 0 Å². The van der Waals surface area contributed by atoms with E-state index in [0.717, 1.165) is 0 Å². The molecule has 5 nitrogen and oxygen atoms in total.